The lowest BCUT2D eigenvalue weighted by Crippen LogP contribution is -2.33. The van der Waals surface area contributed by atoms with Crippen LogP contribution >= 0.6 is 0 Å². The normalized spacial score (nSPS) is 20.9. The summed E-state index contributed by atoms with van der Waals surface area (Å²) in [6.07, 6.45) is 6.40. The van der Waals surface area contributed by atoms with Crippen molar-refractivity contribution in [2.45, 2.75) is 69.0 Å². The smallest absolute Gasteiger partial charge is 0.241 e. The fourth-order valence-electron chi connectivity index (χ4n) is 3.73. The number of nitrogens with zero attached hydrogens (tertiary/aromatic N) is 3. The van der Waals surface area contributed by atoms with Crippen LogP contribution < -0.4 is 9.46 Å². The molecule has 0 radical (unpaired) electrons. The SMILES string of the molecule is Cc1nc2n(n1)CCC[C@@H]2NS(=O)(=O)c1ccc(OC2CCCC2)cc1. The van der Waals surface area contributed by atoms with Crippen LogP contribution in [-0.2, 0) is 16.6 Å². The Kier molecular flexibility index (Phi) is 4.71. The molecular formula is C18H24N4O3S. The van der Waals surface area contributed by atoms with E-state index in [2.05, 4.69) is 14.8 Å². The third kappa shape index (κ3) is 3.61. The van der Waals surface area contributed by atoms with Crippen molar-refractivity contribution in [1.82, 2.24) is 19.5 Å². The van der Waals surface area contributed by atoms with Gasteiger partial charge in [-0.15, -0.1) is 0 Å². The monoisotopic (exact) mass is 376 g/mol. The quantitative estimate of drug-likeness (QED) is 0.867. The summed E-state index contributed by atoms with van der Waals surface area (Å²) < 4.78 is 36.0. The van der Waals surface area contributed by atoms with Crippen LogP contribution in [0.2, 0.25) is 0 Å². The first-order chi connectivity index (χ1) is 12.5. The van der Waals surface area contributed by atoms with E-state index in [4.69, 9.17) is 4.74 Å². The van der Waals surface area contributed by atoms with Gasteiger partial charge in [-0.05, 0) is 69.7 Å². The third-order valence-electron chi connectivity index (χ3n) is 5.02. The van der Waals surface area contributed by atoms with Crippen molar-refractivity contribution in [3.8, 4) is 5.75 Å². The molecule has 0 bridgehead atoms. The van der Waals surface area contributed by atoms with Crippen molar-refractivity contribution in [2.75, 3.05) is 0 Å². The van der Waals surface area contributed by atoms with E-state index in [9.17, 15) is 8.42 Å². The van der Waals surface area contributed by atoms with Gasteiger partial charge in [0.15, 0.2) is 0 Å². The van der Waals surface area contributed by atoms with Crippen molar-refractivity contribution in [3.63, 3.8) is 0 Å². The molecule has 1 aromatic heterocycles. The number of fused-ring (bicyclic) bond motifs is 1. The van der Waals surface area contributed by atoms with Gasteiger partial charge in [-0.1, -0.05) is 0 Å². The van der Waals surface area contributed by atoms with Crippen molar-refractivity contribution < 1.29 is 13.2 Å². The fourth-order valence-corrected chi connectivity index (χ4v) is 4.96. The van der Waals surface area contributed by atoms with Crippen molar-refractivity contribution in [2.24, 2.45) is 0 Å². The first kappa shape index (κ1) is 17.5. The molecule has 2 aromatic rings. The summed E-state index contributed by atoms with van der Waals surface area (Å²) in [7, 11) is -3.62. The summed E-state index contributed by atoms with van der Waals surface area (Å²) in [5.74, 6) is 2.09. The lowest BCUT2D eigenvalue weighted by atomic mass is 10.1. The van der Waals surface area contributed by atoms with Gasteiger partial charge in [0.2, 0.25) is 10.0 Å². The highest BCUT2D eigenvalue weighted by atomic mass is 32.2. The maximum Gasteiger partial charge on any atom is 0.241 e. The van der Waals surface area contributed by atoms with Crippen LogP contribution in [0.25, 0.3) is 0 Å². The van der Waals surface area contributed by atoms with Crippen LogP contribution in [0.3, 0.4) is 0 Å². The first-order valence-corrected chi connectivity index (χ1v) is 10.7. The molecule has 26 heavy (non-hydrogen) atoms. The highest BCUT2D eigenvalue weighted by Gasteiger charge is 2.28. The van der Waals surface area contributed by atoms with E-state index in [1.807, 2.05) is 6.92 Å². The molecule has 0 amide bonds. The number of hydrogen-bond donors (Lipinski definition) is 1. The minimum atomic E-state index is -3.62. The Morgan fingerprint density at radius 2 is 1.85 bits per heavy atom. The van der Waals surface area contributed by atoms with E-state index < -0.39 is 10.0 Å². The molecule has 1 aliphatic heterocycles. The van der Waals surface area contributed by atoms with Gasteiger partial charge in [0.25, 0.3) is 0 Å². The van der Waals surface area contributed by atoms with E-state index in [1.165, 1.54) is 12.8 Å². The maximum absolute atomic E-state index is 12.8. The zero-order valence-electron chi connectivity index (χ0n) is 14.9. The Morgan fingerprint density at radius 1 is 1.12 bits per heavy atom. The van der Waals surface area contributed by atoms with Gasteiger partial charge in [-0.2, -0.15) is 5.10 Å². The third-order valence-corrected chi connectivity index (χ3v) is 6.50. The molecule has 0 spiro atoms. The number of rotatable bonds is 5. The molecule has 140 valence electrons. The van der Waals surface area contributed by atoms with Crippen LogP contribution in [0.5, 0.6) is 5.75 Å². The van der Waals surface area contributed by atoms with Gasteiger partial charge in [0.05, 0.1) is 17.0 Å². The molecule has 1 atom stereocenters. The van der Waals surface area contributed by atoms with Crippen molar-refractivity contribution >= 4 is 10.0 Å². The molecule has 1 aliphatic carbocycles. The van der Waals surface area contributed by atoms with Crippen molar-refractivity contribution in [3.05, 3.63) is 35.9 Å². The Hall–Kier alpha value is -1.93. The lowest BCUT2D eigenvalue weighted by molar-refractivity contribution is 0.210. The Balaban J connectivity index is 1.48. The van der Waals surface area contributed by atoms with E-state index in [0.717, 1.165) is 38.0 Å². The second kappa shape index (κ2) is 7.00. The average Bonchev–Trinajstić information content (AvgIpc) is 3.24. The second-order valence-corrected chi connectivity index (χ2v) is 8.77. The Labute approximate surface area is 153 Å². The number of hydrogen-bond acceptors (Lipinski definition) is 5. The zero-order valence-corrected chi connectivity index (χ0v) is 15.7. The number of nitrogens with one attached hydrogen (secondary N) is 1. The van der Waals surface area contributed by atoms with Gasteiger partial charge >= 0.3 is 0 Å². The Morgan fingerprint density at radius 3 is 2.58 bits per heavy atom. The number of ether oxygens (including phenoxy) is 1. The number of aryl methyl sites for hydroxylation is 2. The Bertz CT molecular complexity index is 870. The lowest BCUT2D eigenvalue weighted by Gasteiger charge is -2.23. The number of aromatic nitrogens is 3. The number of benzene rings is 1. The van der Waals surface area contributed by atoms with E-state index in [-0.39, 0.29) is 17.0 Å². The molecule has 1 aromatic carbocycles. The summed E-state index contributed by atoms with van der Waals surface area (Å²) in [4.78, 5) is 4.63. The molecule has 2 aliphatic rings. The highest BCUT2D eigenvalue weighted by Crippen LogP contribution is 2.27. The predicted molar refractivity (Wildman–Crippen MR) is 96.4 cm³/mol. The van der Waals surface area contributed by atoms with Gasteiger partial charge in [-0.25, -0.2) is 22.8 Å². The summed E-state index contributed by atoms with van der Waals surface area (Å²) in [5.41, 5.74) is 0. The largest absolute Gasteiger partial charge is 0.490 e. The zero-order chi connectivity index (χ0) is 18.1. The van der Waals surface area contributed by atoms with Crippen LogP contribution in [-0.4, -0.2) is 29.3 Å². The minimum Gasteiger partial charge on any atom is -0.490 e. The molecular weight excluding hydrogens is 352 g/mol. The second-order valence-electron chi connectivity index (χ2n) is 7.05. The topological polar surface area (TPSA) is 86.1 Å². The van der Waals surface area contributed by atoms with Gasteiger partial charge < -0.3 is 4.74 Å². The summed E-state index contributed by atoms with van der Waals surface area (Å²) in [6.45, 7) is 2.60. The van der Waals surface area contributed by atoms with E-state index in [1.54, 1.807) is 28.9 Å². The molecule has 0 saturated heterocycles. The maximum atomic E-state index is 12.8. The van der Waals surface area contributed by atoms with E-state index >= 15 is 0 Å². The van der Waals surface area contributed by atoms with Gasteiger partial charge in [-0.3, -0.25) is 0 Å². The van der Waals surface area contributed by atoms with Crippen molar-refractivity contribution in [1.29, 1.82) is 0 Å². The molecule has 2 heterocycles. The van der Waals surface area contributed by atoms with Crippen LogP contribution in [0.4, 0.5) is 0 Å². The molecule has 4 rings (SSSR count). The predicted octanol–water partition coefficient (Wildman–Crippen LogP) is 2.72. The van der Waals surface area contributed by atoms with Gasteiger partial charge in [0.1, 0.15) is 17.4 Å². The van der Waals surface area contributed by atoms with E-state index in [0.29, 0.717) is 11.6 Å². The highest BCUT2D eigenvalue weighted by molar-refractivity contribution is 7.89. The average molecular weight is 376 g/mol. The summed E-state index contributed by atoms with van der Waals surface area (Å²) in [5, 5.41) is 4.32. The molecule has 0 unspecified atom stereocenters. The van der Waals surface area contributed by atoms with Crippen LogP contribution in [0, 0.1) is 6.92 Å². The molecule has 1 N–H and O–H groups in total. The molecule has 7 nitrogen and oxygen atoms in total. The van der Waals surface area contributed by atoms with Gasteiger partial charge in [0, 0.05) is 6.54 Å². The minimum absolute atomic E-state index is 0.240. The number of sulfonamides is 1. The first-order valence-electron chi connectivity index (χ1n) is 9.22. The standard InChI is InChI=1S/C18H24N4O3S/c1-13-19-18-17(7-4-12-22(18)20-13)21-26(23,24)16-10-8-15(9-11-16)25-14-5-2-3-6-14/h8-11,14,17,21H,2-7,12H2,1H3/t17-/m0/s1. The molecule has 8 heteroatoms. The molecule has 1 fully saturated rings. The van der Waals surface area contributed by atoms with Crippen LogP contribution in [0.15, 0.2) is 29.2 Å². The summed E-state index contributed by atoms with van der Waals surface area (Å²) >= 11 is 0. The summed E-state index contributed by atoms with van der Waals surface area (Å²) in [6, 6.07) is 6.34. The molecule has 1 saturated carbocycles. The fraction of sp³-hybridized carbons (Fsp3) is 0.556. The van der Waals surface area contributed by atoms with Crippen LogP contribution in [0.1, 0.15) is 56.2 Å².